The van der Waals surface area contributed by atoms with Crippen LogP contribution in [0.5, 0.6) is 0 Å². The Labute approximate surface area is 203 Å². The lowest BCUT2D eigenvalue weighted by molar-refractivity contribution is 0.260. The van der Waals surface area contributed by atoms with Crippen molar-refractivity contribution in [1.82, 2.24) is 19.9 Å². The van der Waals surface area contributed by atoms with Crippen LogP contribution in [-0.2, 0) is 6.42 Å². The molecule has 0 saturated carbocycles. The van der Waals surface area contributed by atoms with Crippen LogP contribution in [0.2, 0.25) is 5.15 Å². The van der Waals surface area contributed by atoms with E-state index in [9.17, 15) is 0 Å². The number of anilines is 2. The van der Waals surface area contributed by atoms with Gasteiger partial charge in [0.25, 0.3) is 0 Å². The van der Waals surface area contributed by atoms with Gasteiger partial charge in [0.05, 0.1) is 16.7 Å². The van der Waals surface area contributed by atoms with E-state index in [0.29, 0.717) is 5.15 Å². The maximum absolute atomic E-state index is 6.45. The highest BCUT2D eigenvalue weighted by Gasteiger charge is 2.21. The molecule has 0 radical (unpaired) electrons. The molecule has 6 nitrogen and oxygen atoms in total. The summed E-state index contributed by atoms with van der Waals surface area (Å²) in [5.74, 6) is 0.796. The maximum Gasteiger partial charge on any atom is 0.183 e. The molecule has 1 fully saturated rings. The van der Waals surface area contributed by atoms with Gasteiger partial charge in [0.2, 0.25) is 0 Å². The van der Waals surface area contributed by atoms with Gasteiger partial charge >= 0.3 is 0 Å². The van der Waals surface area contributed by atoms with Gasteiger partial charge in [-0.3, -0.25) is 4.90 Å². The lowest BCUT2D eigenvalue weighted by Crippen LogP contribution is -2.47. The second-order valence-electron chi connectivity index (χ2n) is 8.28. The predicted octanol–water partition coefficient (Wildman–Crippen LogP) is 5.12. The Morgan fingerprint density at radius 2 is 1.64 bits per heavy atom. The van der Waals surface area contributed by atoms with Gasteiger partial charge in [-0.25, -0.2) is 15.0 Å². The van der Waals surface area contributed by atoms with Crippen molar-refractivity contribution in [2.75, 3.05) is 50.0 Å². The third kappa shape index (κ3) is 4.81. The van der Waals surface area contributed by atoms with E-state index in [1.165, 1.54) is 16.0 Å². The average molecular weight is 479 g/mol. The van der Waals surface area contributed by atoms with Crippen molar-refractivity contribution in [1.29, 1.82) is 0 Å². The molecule has 0 amide bonds. The SMILES string of the molecule is CNc1nc(-c2ccc(CCN3CCN(c4nc5ccccc5nc4Cl)CC3)cc2)c(C)s1. The van der Waals surface area contributed by atoms with E-state index in [1.807, 2.05) is 31.3 Å². The molecular weight excluding hydrogens is 452 g/mol. The molecule has 1 saturated heterocycles. The second-order valence-corrected chi connectivity index (χ2v) is 9.84. The van der Waals surface area contributed by atoms with Gasteiger partial charge in [-0.05, 0) is 31.0 Å². The van der Waals surface area contributed by atoms with E-state index >= 15 is 0 Å². The Hall–Kier alpha value is -2.74. The van der Waals surface area contributed by atoms with Crippen LogP contribution in [0.4, 0.5) is 10.9 Å². The number of fused-ring (bicyclic) bond motifs is 1. The molecule has 0 atom stereocenters. The summed E-state index contributed by atoms with van der Waals surface area (Å²) in [5.41, 5.74) is 5.32. The van der Waals surface area contributed by atoms with Crippen molar-refractivity contribution in [3.63, 3.8) is 0 Å². The number of nitrogens with zero attached hydrogens (tertiary/aromatic N) is 5. The molecule has 1 aliphatic rings. The van der Waals surface area contributed by atoms with Crippen LogP contribution in [0.25, 0.3) is 22.3 Å². The van der Waals surface area contributed by atoms with Crippen LogP contribution < -0.4 is 10.2 Å². The normalized spacial score (nSPS) is 14.7. The number of halogens is 1. The fourth-order valence-corrected chi connectivity index (χ4v) is 5.28. The highest BCUT2D eigenvalue weighted by molar-refractivity contribution is 7.15. The zero-order valence-corrected chi connectivity index (χ0v) is 20.5. The molecule has 1 N–H and O–H groups in total. The molecule has 0 bridgehead atoms. The highest BCUT2D eigenvalue weighted by atomic mass is 35.5. The molecular formula is C25H27ClN6S. The first-order valence-corrected chi connectivity index (χ1v) is 12.4. The predicted molar refractivity (Wildman–Crippen MR) is 139 cm³/mol. The largest absolute Gasteiger partial charge is 0.365 e. The molecule has 5 rings (SSSR count). The van der Waals surface area contributed by atoms with Crippen molar-refractivity contribution in [2.45, 2.75) is 13.3 Å². The van der Waals surface area contributed by atoms with Gasteiger partial charge in [-0.1, -0.05) is 48.0 Å². The van der Waals surface area contributed by atoms with Crippen LogP contribution in [0.15, 0.2) is 48.5 Å². The number of para-hydroxylation sites is 2. The van der Waals surface area contributed by atoms with E-state index in [4.69, 9.17) is 16.6 Å². The topological polar surface area (TPSA) is 57.2 Å². The lowest BCUT2D eigenvalue weighted by atomic mass is 10.1. The van der Waals surface area contributed by atoms with E-state index in [-0.39, 0.29) is 0 Å². The molecule has 0 aliphatic carbocycles. The number of hydrogen-bond donors (Lipinski definition) is 1. The third-order valence-electron chi connectivity index (χ3n) is 6.14. The molecule has 1 aliphatic heterocycles. The van der Waals surface area contributed by atoms with Crippen LogP contribution >= 0.6 is 22.9 Å². The molecule has 33 heavy (non-hydrogen) atoms. The number of aryl methyl sites for hydroxylation is 1. The van der Waals surface area contributed by atoms with Gasteiger partial charge in [0.15, 0.2) is 16.1 Å². The van der Waals surface area contributed by atoms with Crippen LogP contribution in [0.3, 0.4) is 0 Å². The standard InChI is InChI=1S/C25H27ClN6S/c1-17-22(30-25(27-2)33-17)19-9-7-18(8-10-19)11-12-31-13-15-32(16-14-31)24-23(26)28-20-5-3-4-6-21(20)29-24/h3-10H,11-16H2,1-2H3,(H,27,30). The average Bonchev–Trinajstić information content (AvgIpc) is 3.24. The van der Waals surface area contributed by atoms with Crippen LogP contribution in [0, 0.1) is 6.92 Å². The summed E-state index contributed by atoms with van der Waals surface area (Å²) < 4.78 is 0. The summed E-state index contributed by atoms with van der Waals surface area (Å²) in [5, 5.41) is 4.58. The number of piperazine rings is 1. The summed E-state index contributed by atoms with van der Waals surface area (Å²) in [7, 11) is 1.91. The summed E-state index contributed by atoms with van der Waals surface area (Å²) in [6, 6.07) is 16.7. The first kappa shape index (κ1) is 22.1. The second kappa shape index (κ2) is 9.63. The Bertz CT molecular complexity index is 1250. The maximum atomic E-state index is 6.45. The van der Waals surface area contributed by atoms with E-state index in [0.717, 1.165) is 66.8 Å². The van der Waals surface area contributed by atoms with Crippen LogP contribution in [0.1, 0.15) is 10.4 Å². The highest BCUT2D eigenvalue weighted by Crippen LogP contribution is 2.30. The Kier molecular flexibility index (Phi) is 6.44. The van der Waals surface area contributed by atoms with Crippen molar-refractivity contribution in [3.05, 3.63) is 64.1 Å². The quantitative estimate of drug-likeness (QED) is 0.415. The number of nitrogens with one attached hydrogen (secondary N) is 1. The molecule has 4 aromatic rings. The monoisotopic (exact) mass is 478 g/mol. The summed E-state index contributed by atoms with van der Waals surface area (Å²) >= 11 is 8.15. The Balaban J connectivity index is 1.17. The third-order valence-corrected chi connectivity index (χ3v) is 7.38. The summed E-state index contributed by atoms with van der Waals surface area (Å²) in [6.07, 6.45) is 1.04. The smallest absolute Gasteiger partial charge is 0.183 e. The van der Waals surface area contributed by atoms with E-state index < -0.39 is 0 Å². The Morgan fingerprint density at radius 1 is 0.939 bits per heavy atom. The van der Waals surface area contributed by atoms with Crippen molar-refractivity contribution < 1.29 is 0 Å². The van der Waals surface area contributed by atoms with Crippen molar-refractivity contribution in [2.24, 2.45) is 0 Å². The fraction of sp³-hybridized carbons (Fsp3) is 0.320. The molecule has 0 unspecified atom stereocenters. The van der Waals surface area contributed by atoms with E-state index in [1.54, 1.807) is 11.3 Å². The molecule has 2 aromatic carbocycles. The molecule has 3 heterocycles. The number of aromatic nitrogens is 3. The van der Waals surface area contributed by atoms with Gasteiger partial charge in [-0.2, -0.15) is 0 Å². The fourth-order valence-electron chi connectivity index (χ4n) is 4.24. The molecule has 8 heteroatoms. The number of benzene rings is 2. The zero-order chi connectivity index (χ0) is 22.8. The molecule has 2 aromatic heterocycles. The van der Waals surface area contributed by atoms with E-state index in [2.05, 4.69) is 56.3 Å². The Morgan fingerprint density at radius 3 is 2.30 bits per heavy atom. The minimum atomic E-state index is 0.486. The molecule has 0 spiro atoms. The first-order valence-electron chi connectivity index (χ1n) is 11.2. The number of thiazole rings is 1. The zero-order valence-electron chi connectivity index (χ0n) is 18.9. The van der Waals surface area contributed by atoms with Crippen molar-refractivity contribution >= 4 is 44.9 Å². The summed E-state index contributed by atoms with van der Waals surface area (Å²) in [6.45, 7) is 6.97. The molecule has 170 valence electrons. The number of hydrogen-bond acceptors (Lipinski definition) is 7. The van der Waals surface area contributed by atoms with Gasteiger partial charge < -0.3 is 10.2 Å². The van der Waals surface area contributed by atoms with Gasteiger partial charge in [0.1, 0.15) is 0 Å². The van der Waals surface area contributed by atoms with Crippen LogP contribution in [-0.4, -0.2) is 59.6 Å². The van der Waals surface area contributed by atoms with Crippen molar-refractivity contribution in [3.8, 4) is 11.3 Å². The van der Waals surface area contributed by atoms with Gasteiger partial charge in [-0.15, -0.1) is 11.3 Å². The number of rotatable bonds is 6. The minimum Gasteiger partial charge on any atom is -0.365 e. The lowest BCUT2D eigenvalue weighted by Gasteiger charge is -2.35. The van der Waals surface area contributed by atoms with Gasteiger partial charge in [0, 0.05) is 50.2 Å². The minimum absolute atomic E-state index is 0.486. The summed E-state index contributed by atoms with van der Waals surface area (Å²) in [4.78, 5) is 20.0. The first-order chi connectivity index (χ1) is 16.1.